The zero-order valence-corrected chi connectivity index (χ0v) is 13.4. The van der Waals surface area contributed by atoms with Gasteiger partial charge in [0.2, 0.25) is 10.0 Å². The van der Waals surface area contributed by atoms with E-state index in [0.717, 1.165) is 6.42 Å². The van der Waals surface area contributed by atoms with Crippen LogP contribution >= 0.6 is 11.6 Å². The highest BCUT2D eigenvalue weighted by molar-refractivity contribution is 7.89. The Hall–Kier alpha value is -0.630. The summed E-state index contributed by atoms with van der Waals surface area (Å²) in [7, 11) is -3.49. The molecule has 0 radical (unpaired) electrons. The van der Waals surface area contributed by atoms with Crippen LogP contribution in [0.3, 0.4) is 0 Å². The average molecular weight is 322 g/mol. The summed E-state index contributed by atoms with van der Waals surface area (Å²) in [6.07, 6.45) is 0.764. The van der Waals surface area contributed by atoms with Crippen molar-refractivity contribution in [2.75, 3.05) is 32.2 Å². The fourth-order valence-electron chi connectivity index (χ4n) is 2.40. The molecule has 0 unspecified atom stereocenters. The standard InChI is InChI=1S/C12H20ClN3O3S/c1-10-12(11(2)16(14-10)5-3-4-13)20(17,18)15-6-8-19-9-7-15/h3-9H2,1-2H3. The number of morpholine rings is 1. The molecule has 0 amide bonds. The number of sulfonamides is 1. The van der Waals surface area contributed by atoms with Crippen molar-refractivity contribution >= 4 is 21.6 Å². The molecule has 114 valence electrons. The molecule has 0 atom stereocenters. The van der Waals surface area contributed by atoms with Crippen LogP contribution in [0.5, 0.6) is 0 Å². The van der Waals surface area contributed by atoms with Gasteiger partial charge in [0.05, 0.1) is 24.6 Å². The van der Waals surface area contributed by atoms with Crippen molar-refractivity contribution in [2.45, 2.75) is 31.7 Å². The van der Waals surface area contributed by atoms with Crippen molar-refractivity contribution in [1.29, 1.82) is 0 Å². The molecule has 0 aromatic carbocycles. The summed E-state index contributed by atoms with van der Waals surface area (Å²) in [5.74, 6) is 0.532. The molecule has 1 fully saturated rings. The van der Waals surface area contributed by atoms with Crippen LogP contribution in [0.4, 0.5) is 0 Å². The predicted molar refractivity (Wildman–Crippen MR) is 76.6 cm³/mol. The molecule has 0 bridgehead atoms. The first-order chi connectivity index (χ1) is 9.48. The number of alkyl halides is 1. The third-order valence-electron chi connectivity index (χ3n) is 3.39. The third-order valence-corrected chi connectivity index (χ3v) is 5.81. The molecule has 1 aliphatic heterocycles. The van der Waals surface area contributed by atoms with E-state index in [1.165, 1.54) is 4.31 Å². The maximum Gasteiger partial charge on any atom is 0.246 e. The molecule has 1 aromatic rings. The van der Waals surface area contributed by atoms with E-state index >= 15 is 0 Å². The summed E-state index contributed by atoms with van der Waals surface area (Å²) in [5.41, 5.74) is 1.22. The molecular weight excluding hydrogens is 302 g/mol. The molecule has 6 nitrogen and oxygen atoms in total. The number of ether oxygens (including phenoxy) is 1. The number of aromatic nitrogens is 2. The molecule has 0 aliphatic carbocycles. The number of halogens is 1. The van der Waals surface area contributed by atoms with Crippen LogP contribution in [0.2, 0.25) is 0 Å². The summed E-state index contributed by atoms with van der Waals surface area (Å²) >= 11 is 5.68. The number of aryl methyl sites for hydroxylation is 2. The normalized spacial score (nSPS) is 17.6. The summed E-state index contributed by atoms with van der Waals surface area (Å²) in [4.78, 5) is 0.328. The van der Waals surface area contributed by atoms with Crippen LogP contribution < -0.4 is 0 Å². The van der Waals surface area contributed by atoms with Crippen LogP contribution in [0.25, 0.3) is 0 Å². The first-order valence-corrected chi connectivity index (χ1v) is 8.64. The number of rotatable bonds is 5. The van der Waals surface area contributed by atoms with E-state index in [4.69, 9.17) is 16.3 Å². The molecule has 2 heterocycles. The Kier molecular flexibility index (Phi) is 5.06. The summed E-state index contributed by atoms with van der Waals surface area (Å²) < 4.78 is 33.8. The predicted octanol–water partition coefficient (Wildman–Crippen LogP) is 1.15. The Labute approximate surface area is 124 Å². The monoisotopic (exact) mass is 321 g/mol. The topological polar surface area (TPSA) is 64.4 Å². The van der Waals surface area contributed by atoms with Gasteiger partial charge in [-0.15, -0.1) is 11.6 Å². The summed E-state index contributed by atoms with van der Waals surface area (Å²) in [5, 5.41) is 4.33. The van der Waals surface area contributed by atoms with Crippen molar-refractivity contribution < 1.29 is 13.2 Å². The minimum Gasteiger partial charge on any atom is -0.379 e. The smallest absolute Gasteiger partial charge is 0.246 e. The van der Waals surface area contributed by atoms with Gasteiger partial charge in [0.15, 0.2) is 0 Å². The van der Waals surface area contributed by atoms with Crippen LogP contribution in [0.1, 0.15) is 17.8 Å². The van der Waals surface area contributed by atoms with Crippen molar-refractivity contribution in [3.05, 3.63) is 11.4 Å². The van der Waals surface area contributed by atoms with E-state index in [-0.39, 0.29) is 0 Å². The largest absolute Gasteiger partial charge is 0.379 e. The lowest BCUT2D eigenvalue weighted by molar-refractivity contribution is 0.0730. The van der Waals surface area contributed by atoms with E-state index in [0.29, 0.717) is 55.0 Å². The first-order valence-electron chi connectivity index (χ1n) is 6.66. The van der Waals surface area contributed by atoms with E-state index in [2.05, 4.69) is 5.10 Å². The SMILES string of the molecule is Cc1nn(CCCCl)c(C)c1S(=O)(=O)N1CCOCC1. The van der Waals surface area contributed by atoms with E-state index in [1.54, 1.807) is 18.5 Å². The molecule has 2 rings (SSSR count). The minimum atomic E-state index is -3.49. The lowest BCUT2D eigenvalue weighted by atomic mass is 10.4. The maximum absolute atomic E-state index is 12.7. The second kappa shape index (κ2) is 6.43. The molecule has 0 N–H and O–H groups in total. The fourth-order valence-corrected chi connectivity index (χ4v) is 4.30. The maximum atomic E-state index is 12.7. The fraction of sp³-hybridized carbons (Fsp3) is 0.750. The average Bonchev–Trinajstić information content (AvgIpc) is 2.72. The Bertz CT molecular complexity index is 565. The molecule has 1 aliphatic rings. The highest BCUT2D eigenvalue weighted by atomic mass is 35.5. The second-order valence-electron chi connectivity index (χ2n) is 4.78. The molecule has 8 heteroatoms. The lowest BCUT2D eigenvalue weighted by Gasteiger charge is -2.26. The highest BCUT2D eigenvalue weighted by Gasteiger charge is 2.31. The van der Waals surface area contributed by atoms with Gasteiger partial charge in [-0.1, -0.05) is 0 Å². The second-order valence-corrected chi connectivity index (χ2v) is 7.03. The van der Waals surface area contributed by atoms with Crippen LogP contribution in [0.15, 0.2) is 4.90 Å². The number of hydrogen-bond donors (Lipinski definition) is 0. The number of nitrogens with zero attached hydrogens (tertiary/aromatic N) is 3. The lowest BCUT2D eigenvalue weighted by Crippen LogP contribution is -2.41. The van der Waals surface area contributed by atoms with Crippen LogP contribution in [-0.2, 0) is 21.3 Å². The van der Waals surface area contributed by atoms with E-state index < -0.39 is 10.0 Å². The quantitative estimate of drug-likeness (QED) is 0.763. The highest BCUT2D eigenvalue weighted by Crippen LogP contribution is 2.24. The van der Waals surface area contributed by atoms with E-state index in [1.807, 2.05) is 0 Å². The van der Waals surface area contributed by atoms with Gasteiger partial charge in [-0.05, 0) is 20.3 Å². The molecule has 20 heavy (non-hydrogen) atoms. The van der Waals surface area contributed by atoms with Crippen molar-refractivity contribution in [3.8, 4) is 0 Å². The Morgan fingerprint density at radius 1 is 1.30 bits per heavy atom. The van der Waals surface area contributed by atoms with Gasteiger partial charge in [-0.3, -0.25) is 4.68 Å². The molecule has 0 saturated carbocycles. The Morgan fingerprint density at radius 3 is 2.55 bits per heavy atom. The van der Waals surface area contributed by atoms with Gasteiger partial charge < -0.3 is 4.74 Å². The van der Waals surface area contributed by atoms with Gasteiger partial charge in [0, 0.05) is 25.5 Å². The zero-order chi connectivity index (χ0) is 14.8. The Balaban J connectivity index is 2.33. The minimum absolute atomic E-state index is 0.328. The van der Waals surface area contributed by atoms with Crippen LogP contribution in [0, 0.1) is 13.8 Å². The third kappa shape index (κ3) is 3.00. The zero-order valence-electron chi connectivity index (χ0n) is 11.8. The van der Waals surface area contributed by atoms with Crippen molar-refractivity contribution in [2.24, 2.45) is 0 Å². The van der Waals surface area contributed by atoms with Gasteiger partial charge in [-0.25, -0.2) is 8.42 Å². The molecular formula is C12H20ClN3O3S. The molecule has 1 saturated heterocycles. The van der Waals surface area contributed by atoms with Gasteiger partial charge in [-0.2, -0.15) is 9.40 Å². The van der Waals surface area contributed by atoms with E-state index in [9.17, 15) is 8.42 Å². The summed E-state index contributed by atoms with van der Waals surface area (Å²) in [6, 6.07) is 0. The van der Waals surface area contributed by atoms with Crippen molar-refractivity contribution in [1.82, 2.24) is 14.1 Å². The Morgan fingerprint density at radius 2 is 1.95 bits per heavy atom. The molecule has 1 aromatic heterocycles. The first kappa shape index (κ1) is 15.8. The number of hydrogen-bond acceptors (Lipinski definition) is 4. The van der Waals surface area contributed by atoms with Gasteiger partial charge in [0.1, 0.15) is 4.90 Å². The van der Waals surface area contributed by atoms with Crippen molar-refractivity contribution in [3.63, 3.8) is 0 Å². The summed E-state index contributed by atoms with van der Waals surface area (Å²) in [6.45, 7) is 5.84. The molecule has 0 spiro atoms. The van der Waals surface area contributed by atoms with Gasteiger partial charge in [0.25, 0.3) is 0 Å². The van der Waals surface area contributed by atoms with Gasteiger partial charge >= 0.3 is 0 Å². The van der Waals surface area contributed by atoms with Crippen LogP contribution in [-0.4, -0.2) is 54.7 Å².